The quantitative estimate of drug-likeness (QED) is 0.868. The number of hydrogen-bond donors (Lipinski definition) is 2. The molecular formula is C15H17ClN2O5. The lowest BCUT2D eigenvalue weighted by Gasteiger charge is -2.22. The van der Waals surface area contributed by atoms with Gasteiger partial charge in [0.25, 0.3) is 5.91 Å². The van der Waals surface area contributed by atoms with Crippen LogP contribution < -0.4 is 5.32 Å². The normalized spacial score (nSPS) is 20.4. The van der Waals surface area contributed by atoms with Crippen LogP contribution in [0.25, 0.3) is 0 Å². The van der Waals surface area contributed by atoms with E-state index in [1.807, 2.05) is 0 Å². The molecule has 2 rings (SSSR count). The lowest BCUT2D eigenvalue weighted by molar-refractivity contribution is -0.141. The number of nitrogens with one attached hydrogen (secondary N) is 1. The summed E-state index contributed by atoms with van der Waals surface area (Å²) in [7, 11) is 1.47. The van der Waals surface area contributed by atoms with Crippen molar-refractivity contribution in [2.24, 2.45) is 0 Å². The van der Waals surface area contributed by atoms with Crippen LogP contribution in [0.3, 0.4) is 0 Å². The molecule has 2 atom stereocenters. The van der Waals surface area contributed by atoms with Gasteiger partial charge in [-0.15, -0.1) is 0 Å². The van der Waals surface area contributed by atoms with Crippen molar-refractivity contribution in [1.29, 1.82) is 0 Å². The van der Waals surface area contributed by atoms with Gasteiger partial charge in [0.05, 0.1) is 16.7 Å². The second kappa shape index (κ2) is 6.97. The van der Waals surface area contributed by atoms with Crippen molar-refractivity contribution in [3.05, 3.63) is 28.8 Å². The number of aliphatic carboxylic acids is 1. The van der Waals surface area contributed by atoms with Crippen LogP contribution in [0, 0.1) is 0 Å². The zero-order chi connectivity index (χ0) is 17.1. The number of methoxy groups -OCH3 is 1. The third-order valence-electron chi connectivity index (χ3n) is 3.66. The van der Waals surface area contributed by atoms with Gasteiger partial charge in [0.2, 0.25) is 5.91 Å². The second-order valence-electron chi connectivity index (χ2n) is 5.28. The molecule has 0 radical (unpaired) electrons. The minimum atomic E-state index is -1.09. The zero-order valence-corrected chi connectivity index (χ0v) is 13.5. The first-order chi connectivity index (χ1) is 10.8. The Morgan fingerprint density at radius 2 is 2.09 bits per heavy atom. The van der Waals surface area contributed by atoms with Gasteiger partial charge in [-0.2, -0.15) is 0 Å². The van der Waals surface area contributed by atoms with Crippen LogP contribution in [-0.4, -0.2) is 53.6 Å². The van der Waals surface area contributed by atoms with E-state index in [0.717, 1.165) is 0 Å². The van der Waals surface area contributed by atoms with E-state index < -0.39 is 17.9 Å². The highest BCUT2D eigenvalue weighted by atomic mass is 35.5. The molecule has 2 N–H and O–H groups in total. The SMILES string of the molecule is COC1CC(C(=O)O)N(C(=O)c2cc(NC(C)=O)ccc2Cl)C1. The number of carboxylic acid groups (broad SMARTS) is 1. The Hall–Kier alpha value is -2.12. The lowest BCUT2D eigenvalue weighted by Crippen LogP contribution is -2.40. The van der Waals surface area contributed by atoms with Crippen molar-refractivity contribution >= 4 is 35.1 Å². The van der Waals surface area contributed by atoms with Crippen LogP contribution in [-0.2, 0) is 14.3 Å². The van der Waals surface area contributed by atoms with E-state index in [9.17, 15) is 19.5 Å². The van der Waals surface area contributed by atoms with E-state index in [-0.39, 0.29) is 35.6 Å². The number of anilines is 1. The third kappa shape index (κ3) is 3.80. The van der Waals surface area contributed by atoms with Gasteiger partial charge in [-0.1, -0.05) is 11.6 Å². The number of hydrogen-bond acceptors (Lipinski definition) is 4. The molecule has 1 aliphatic rings. The third-order valence-corrected chi connectivity index (χ3v) is 3.99. The Kier molecular flexibility index (Phi) is 5.23. The molecule has 1 aromatic rings. The summed E-state index contributed by atoms with van der Waals surface area (Å²) in [6.07, 6.45) is -0.113. The molecule has 1 heterocycles. The Balaban J connectivity index is 2.31. The van der Waals surface area contributed by atoms with Crippen molar-refractivity contribution in [2.75, 3.05) is 19.0 Å². The van der Waals surface area contributed by atoms with Crippen molar-refractivity contribution < 1.29 is 24.2 Å². The fraction of sp³-hybridized carbons (Fsp3) is 0.400. The molecule has 0 aliphatic carbocycles. The highest BCUT2D eigenvalue weighted by molar-refractivity contribution is 6.34. The number of carboxylic acids is 1. The summed E-state index contributed by atoms with van der Waals surface area (Å²) in [6.45, 7) is 1.52. The van der Waals surface area contributed by atoms with Crippen molar-refractivity contribution in [3.63, 3.8) is 0 Å². The van der Waals surface area contributed by atoms with Crippen LogP contribution in [0.5, 0.6) is 0 Å². The Morgan fingerprint density at radius 1 is 1.39 bits per heavy atom. The van der Waals surface area contributed by atoms with E-state index in [4.69, 9.17) is 16.3 Å². The first-order valence-corrected chi connectivity index (χ1v) is 7.35. The molecule has 0 saturated carbocycles. The summed E-state index contributed by atoms with van der Waals surface area (Å²) < 4.78 is 5.17. The molecule has 0 bridgehead atoms. The maximum atomic E-state index is 12.7. The van der Waals surface area contributed by atoms with Gasteiger partial charge in [-0.3, -0.25) is 9.59 Å². The number of halogens is 1. The van der Waals surface area contributed by atoms with E-state index in [1.165, 1.54) is 31.1 Å². The highest BCUT2D eigenvalue weighted by Crippen LogP contribution is 2.27. The van der Waals surface area contributed by atoms with Gasteiger partial charge >= 0.3 is 5.97 Å². The smallest absolute Gasteiger partial charge is 0.326 e. The van der Waals surface area contributed by atoms with Gasteiger partial charge in [-0.25, -0.2) is 4.79 Å². The molecule has 23 heavy (non-hydrogen) atoms. The highest BCUT2D eigenvalue weighted by Gasteiger charge is 2.40. The molecule has 2 amide bonds. The van der Waals surface area contributed by atoms with E-state index >= 15 is 0 Å². The molecule has 2 unspecified atom stereocenters. The number of ether oxygens (including phenoxy) is 1. The monoisotopic (exact) mass is 340 g/mol. The van der Waals surface area contributed by atoms with Gasteiger partial charge < -0.3 is 20.1 Å². The number of rotatable bonds is 4. The zero-order valence-electron chi connectivity index (χ0n) is 12.7. The van der Waals surface area contributed by atoms with Crippen molar-refractivity contribution in [1.82, 2.24) is 4.90 Å². The lowest BCUT2D eigenvalue weighted by atomic mass is 10.1. The molecule has 1 saturated heterocycles. The standard InChI is InChI=1S/C15H17ClN2O5/c1-8(19)17-9-3-4-12(16)11(5-9)14(20)18-7-10(23-2)6-13(18)15(21)22/h3-5,10,13H,6-7H2,1-2H3,(H,17,19)(H,21,22). The second-order valence-corrected chi connectivity index (χ2v) is 5.69. The predicted octanol–water partition coefficient (Wildman–Crippen LogP) is 1.61. The first-order valence-electron chi connectivity index (χ1n) is 6.97. The number of carbonyl (C=O) groups excluding carboxylic acids is 2. The number of likely N-dealkylation sites (tertiary alicyclic amines) is 1. The molecule has 124 valence electrons. The summed E-state index contributed by atoms with van der Waals surface area (Å²) >= 11 is 6.06. The number of carbonyl (C=O) groups is 3. The molecule has 0 aromatic heterocycles. The minimum Gasteiger partial charge on any atom is -0.480 e. The maximum absolute atomic E-state index is 12.7. The van der Waals surface area contributed by atoms with Crippen LogP contribution >= 0.6 is 11.6 Å². The number of benzene rings is 1. The van der Waals surface area contributed by atoms with Crippen LogP contribution in [0.15, 0.2) is 18.2 Å². The van der Waals surface area contributed by atoms with Crippen molar-refractivity contribution in [2.45, 2.75) is 25.5 Å². The number of nitrogens with zero attached hydrogens (tertiary/aromatic N) is 1. The van der Waals surface area contributed by atoms with Gasteiger partial charge in [0, 0.05) is 32.7 Å². The van der Waals surface area contributed by atoms with Gasteiger partial charge in [0.1, 0.15) is 6.04 Å². The average Bonchev–Trinajstić information content (AvgIpc) is 2.92. The molecule has 8 heteroatoms. The summed E-state index contributed by atoms with van der Waals surface area (Å²) in [5, 5.41) is 12.0. The molecular weight excluding hydrogens is 324 g/mol. The molecule has 1 aliphatic heterocycles. The summed E-state index contributed by atoms with van der Waals surface area (Å²) in [5.41, 5.74) is 0.556. The summed E-state index contributed by atoms with van der Waals surface area (Å²) in [4.78, 5) is 36.4. The Morgan fingerprint density at radius 3 is 2.65 bits per heavy atom. The van der Waals surface area contributed by atoms with E-state index in [2.05, 4.69) is 5.32 Å². The summed E-state index contributed by atoms with van der Waals surface area (Å²) in [6, 6.07) is 3.52. The van der Waals surface area contributed by atoms with Gasteiger partial charge in [0.15, 0.2) is 0 Å². The summed E-state index contributed by atoms with van der Waals surface area (Å²) in [5.74, 6) is -1.88. The maximum Gasteiger partial charge on any atom is 0.326 e. The van der Waals surface area contributed by atoms with Crippen LogP contribution in [0.2, 0.25) is 5.02 Å². The molecule has 1 fully saturated rings. The van der Waals surface area contributed by atoms with Crippen LogP contribution in [0.4, 0.5) is 5.69 Å². The molecule has 1 aromatic carbocycles. The predicted molar refractivity (Wildman–Crippen MR) is 83.6 cm³/mol. The van der Waals surface area contributed by atoms with Gasteiger partial charge in [-0.05, 0) is 18.2 Å². The Bertz CT molecular complexity index is 649. The Labute approximate surface area is 138 Å². The topological polar surface area (TPSA) is 95.9 Å². The van der Waals surface area contributed by atoms with Crippen molar-refractivity contribution in [3.8, 4) is 0 Å². The molecule has 0 spiro atoms. The molecule has 7 nitrogen and oxygen atoms in total. The first kappa shape index (κ1) is 17.2. The van der Waals surface area contributed by atoms with E-state index in [1.54, 1.807) is 6.07 Å². The largest absolute Gasteiger partial charge is 0.480 e. The average molecular weight is 341 g/mol. The van der Waals surface area contributed by atoms with E-state index in [0.29, 0.717) is 5.69 Å². The number of amides is 2. The van der Waals surface area contributed by atoms with Crippen LogP contribution in [0.1, 0.15) is 23.7 Å². The fourth-order valence-corrected chi connectivity index (χ4v) is 2.75. The minimum absolute atomic E-state index is 0.140. The fourth-order valence-electron chi connectivity index (χ4n) is 2.55.